The van der Waals surface area contributed by atoms with Gasteiger partial charge in [0.2, 0.25) is 0 Å². The van der Waals surface area contributed by atoms with E-state index in [1.54, 1.807) is 0 Å². The Morgan fingerprint density at radius 1 is 1.50 bits per heavy atom. The molecule has 5 heteroatoms. The first-order chi connectivity index (χ1) is 8.72. The summed E-state index contributed by atoms with van der Waals surface area (Å²) in [5.74, 6) is -0.336. The van der Waals surface area contributed by atoms with E-state index in [1.165, 1.54) is 18.2 Å². The van der Waals surface area contributed by atoms with Crippen LogP contribution in [0.4, 0.5) is 4.39 Å². The van der Waals surface area contributed by atoms with Gasteiger partial charge in [-0.1, -0.05) is 0 Å². The molecule has 0 bridgehead atoms. The van der Waals surface area contributed by atoms with E-state index < -0.39 is 5.82 Å². The van der Waals surface area contributed by atoms with E-state index in [4.69, 9.17) is 9.47 Å². The number of ether oxygens (including phenoxy) is 2. The molecule has 1 aromatic carbocycles. The molecule has 1 heterocycles. The Bertz CT molecular complexity index is 469. The van der Waals surface area contributed by atoms with E-state index >= 15 is 0 Å². The van der Waals surface area contributed by atoms with Crippen molar-refractivity contribution < 1.29 is 18.7 Å². The van der Waals surface area contributed by atoms with E-state index in [0.717, 1.165) is 12.8 Å². The molecule has 3 rings (SSSR count). The number of amides is 1. The van der Waals surface area contributed by atoms with E-state index in [-0.39, 0.29) is 23.8 Å². The Morgan fingerprint density at radius 2 is 2.28 bits per heavy atom. The molecule has 96 valence electrons. The van der Waals surface area contributed by atoms with Crippen LogP contribution in [-0.2, 0) is 4.74 Å². The Kier molecular flexibility index (Phi) is 2.91. The molecule has 0 spiro atoms. The first-order valence-electron chi connectivity index (χ1n) is 6.07. The molecule has 1 aliphatic carbocycles. The Morgan fingerprint density at radius 3 is 2.94 bits per heavy atom. The maximum absolute atomic E-state index is 13.2. The number of hydrogen-bond acceptors (Lipinski definition) is 3. The quantitative estimate of drug-likeness (QED) is 0.807. The van der Waals surface area contributed by atoms with E-state index in [9.17, 15) is 9.18 Å². The molecular weight excluding hydrogens is 237 g/mol. The summed E-state index contributed by atoms with van der Waals surface area (Å²) in [6, 6.07) is 4.23. The summed E-state index contributed by atoms with van der Waals surface area (Å²) in [6.45, 7) is 1.02. The molecule has 1 aliphatic heterocycles. The van der Waals surface area contributed by atoms with Gasteiger partial charge in [0.05, 0.1) is 12.2 Å². The second-order valence-electron chi connectivity index (χ2n) is 4.65. The van der Waals surface area contributed by atoms with Crippen molar-refractivity contribution >= 4 is 5.91 Å². The summed E-state index contributed by atoms with van der Waals surface area (Å²) < 4.78 is 23.6. The van der Waals surface area contributed by atoms with Crippen LogP contribution >= 0.6 is 0 Å². The highest BCUT2D eigenvalue weighted by atomic mass is 19.1. The average molecular weight is 251 g/mol. The maximum Gasteiger partial charge on any atom is 0.255 e. The fourth-order valence-corrected chi connectivity index (χ4v) is 1.64. The van der Waals surface area contributed by atoms with E-state index in [0.29, 0.717) is 18.8 Å². The maximum atomic E-state index is 13.2. The molecule has 1 saturated heterocycles. The zero-order valence-electron chi connectivity index (χ0n) is 9.82. The molecule has 1 aromatic rings. The van der Waals surface area contributed by atoms with Gasteiger partial charge in [-0.25, -0.2) is 4.39 Å². The average Bonchev–Trinajstić information content (AvgIpc) is 3.21. The molecule has 1 amide bonds. The van der Waals surface area contributed by atoms with Crippen molar-refractivity contribution in [2.24, 2.45) is 0 Å². The molecule has 1 N–H and O–H groups in total. The minimum atomic E-state index is -0.412. The molecule has 18 heavy (non-hydrogen) atoms. The van der Waals surface area contributed by atoms with Crippen LogP contribution in [-0.4, -0.2) is 31.3 Å². The number of epoxide rings is 1. The lowest BCUT2D eigenvalue weighted by Gasteiger charge is -2.10. The highest BCUT2D eigenvalue weighted by Gasteiger charge is 2.27. The molecule has 0 aromatic heterocycles. The lowest BCUT2D eigenvalue weighted by molar-refractivity contribution is 0.0946. The SMILES string of the molecule is O=C(NC1CC1)c1ccc(F)cc1OCC1CO1. The normalized spacial score (nSPS) is 21.5. The standard InChI is InChI=1S/C13H14FNO3/c14-8-1-4-11(13(16)15-9-2-3-9)12(5-8)18-7-10-6-17-10/h1,4-5,9-10H,2-3,6-7H2,(H,15,16). The lowest BCUT2D eigenvalue weighted by atomic mass is 10.2. The number of benzene rings is 1. The third-order valence-electron chi connectivity index (χ3n) is 2.93. The largest absolute Gasteiger partial charge is 0.490 e. The van der Waals surface area contributed by atoms with Crippen LogP contribution in [0.15, 0.2) is 18.2 Å². The zero-order chi connectivity index (χ0) is 12.5. The van der Waals surface area contributed by atoms with Gasteiger partial charge in [0, 0.05) is 12.1 Å². The summed E-state index contributed by atoms with van der Waals surface area (Å²) in [5.41, 5.74) is 0.379. The van der Waals surface area contributed by atoms with Gasteiger partial charge >= 0.3 is 0 Å². The van der Waals surface area contributed by atoms with Gasteiger partial charge < -0.3 is 14.8 Å². The third-order valence-corrected chi connectivity index (χ3v) is 2.93. The molecule has 2 aliphatic rings. The van der Waals surface area contributed by atoms with Crippen molar-refractivity contribution in [1.29, 1.82) is 0 Å². The molecule has 2 fully saturated rings. The first kappa shape index (κ1) is 11.5. The summed E-state index contributed by atoms with van der Waals surface area (Å²) in [7, 11) is 0. The van der Waals surface area contributed by atoms with Crippen molar-refractivity contribution in [1.82, 2.24) is 5.32 Å². The van der Waals surface area contributed by atoms with Crippen molar-refractivity contribution in [3.8, 4) is 5.75 Å². The van der Waals surface area contributed by atoms with Crippen LogP contribution in [0.5, 0.6) is 5.75 Å². The number of hydrogen-bond donors (Lipinski definition) is 1. The van der Waals surface area contributed by atoms with Crippen LogP contribution in [0.25, 0.3) is 0 Å². The van der Waals surface area contributed by atoms with Gasteiger partial charge in [-0.2, -0.15) is 0 Å². The molecular formula is C13H14FNO3. The molecule has 0 radical (unpaired) electrons. The number of rotatable bonds is 5. The van der Waals surface area contributed by atoms with Crippen LogP contribution < -0.4 is 10.1 Å². The topological polar surface area (TPSA) is 50.9 Å². The first-order valence-corrected chi connectivity index (χ1v) is 6.07. The monoisotopic (exact) mass is 251 g/mol. The second-order valence-corrected chi connectivity index (χ2v) is 4.65. The minimum Gasteiger partial charge on any atom is -0.490 e. The van der Waals surface area contributed by atoms with Gasteiger partial charge in [0.15, 0.2) is 0 Å². The minimum absolute atomic E-state index is 0.0765. The number of halogens is 1. The summed E-state index contributed by atoms with van der Waals surface area (Å²) in [4.78, 5) is 11.9. The van der Waals surface area contributed by atoms with Gasteiger partial charge in [0.1, 0.15) is 24.3 Å². The third kappa shape index (κ3) is 2.79. The van der Waals surface area contributed by atoms with Crippen LogP contribution in [0.3, 0.4) is 0 Å². The van der Waals surface area contributed by atoms with E-state index in [1.807, 2.05) is 0 Å². The Labute approximate surface area is 104 Å². The van der Waals surface area contributed by atoms with Gasteiger partial charge in [-0.05, 0) is 25.0 Å². The Balaban J connectivity index is 1.74. The predicted octanol–water partition coefficient (Wildman–Crippen LogP) is 1.50. The lowest BCUT2D eigenvalue weighted by Crippen LogP contribution is -2.26. The molecule has 1 saturated carbocycles. The highest BCUT2D eigenvalue weighted by molar-refractivity contribution is 5.97. The van der Waals surface area contributed by atoms with Crippen LogP contribution in [0, 0.1) is 5.82 Å². The molecule has 1 atom stereocenters. The summed E-state index contributed by atoms with van der Waals surface area (Å²) in [6.07, 6.45) is 2.10. The summed E-state index contributed by atoms with van der Waals surface area (Å²) in [5, 5.41) is 2.86. The van der Waals surface area contributed by atoms with E-state index in [2.05, 4.69) is 5.32 Å². The smallest absolute Gasteiger partial charge is 0.255 e. The van der Waals surface area contributed by atoms with Crippen molar-refractivity contribution in [3.63, 3.8) is 0 Å². The zero-order valence-corrected chi connectivity index (χ0v) is 9.82. The highest BCUT2D eigenvalue weighted by Crippen LogP contribution is 2.24. The molecule has 4 nitrogen and oxygen atoms in total. The summed E-state index contributed by atoms with van der Waals surface area (Å²) >= 11 is 0. The Hall–Kier alpha value is -1.62. The fraction of sp³-hybridized carbons (Fsp3) is 0.462. The van der Waals surface area contributed by atoms with Gasteiger partial charge in [0.25, 0.3) is 5.91 Å². The van der Waals surface area contributed by atoms with Gasteiger partial charge in [-0.3, -0.25) is 4.79 Å². The fourth-order valence-electron chi connectivity index (χ4n) is 1.64. The van der Waals surface area contributed by atoms with Crippen molar-refractivity contribution in [2.45, 2.75) is 25.0 Å². The van der Waals surface area contributed by atoms with Crippen LogP contribution in [0.2, 0.25) is 0 Å². The van der Waals surface area contributed by atoms with Crippen molar-refractivity contribution in [3.05, 3.63) is 29.6 Å². The van der Waals surface area contributed by atoms with Crippen molar-refractivity contribution in [2.75, 3.05) is 13.2 Å². The number of carbonyl (C=O) groups excluding carboxylic acids is 1. The number of nitrogens with one attached hydrogen (secondary N) is 1. The number of carbonyl (C=O) groups is 1. The predicted molar refractivity (Wildman–Crippen MR) is 62.1 cm³/mol. The second kappa shape index (κ2) is 4.57. The molecule has 1 unspecified atom stereocenters. The van der Waals surface area contributed by atoms with Crippen LogP contribution in [0.1, 0.15) is 23.2 Å². The van der Waals surface area contributed by atoms with Gasteiger partial charge in [-0.15, -0.1) is 0 Å².